The number of nitrogens with one attached hydrogen (secondary N) is 1. The van der Waals surface area contributed by atoms with E-state index in [0.29, 0.717) is 11.3 Å². The molecule has 25 heavy (non-hydrogen) atoms. The molecule has 0 atom stereocenters. The summed E-state index contributed by atoms with van der Waals surface area (Å²) in [6, 6.07) is 9.11. The van der Waals surface area contributed by atoms with E-state index < -0.39 is 22.5 Å². The number of carbonyl (C=O) groups excluding carboxylic acids is 1. The van der Waals surface area contributed by atoms with Crippen LogP contribution in [0.2, 0.25) is 0 Å². The van der Waals surface area contributed by atoms with Gasteiger partial charge in [0.05, 0.1) is 18.6 Å². The van der Waals surface area contributed by atoms with Crippen molar-refractivity contribution in [2.24, 2.45) is 0 Å². The topological polar surface area (TPSA) is 109 Å². The molecule has 0 aliphatic carbocycles. The molecule has 0 aliphatic heterocycles. The number of amides is 1. The van der Waals surface area contributed by atoms with Crippen molar-refractivity contribution in [1.82, 2.24) is 14.8 Å². The molecule has 0 bridgehead atoms. The monoisotopic (exact) mass is 387 g/mol. The highest BCUT2D eigenvalue weighted by Crippen LogP contribution is 2.21. The molecule has 0 unspecified atom stereocenters. The number of hydroxylamine groups is 1. The molecule has 2 rings (SSSR count). The predicted molar refractivity (Wildman–Crippen MR) is 92.0 cm³/mol. The van der Waals surface area contributed by atoms with Gasteiger partial charge in [0.2, 0.25) is 10.0 Å². The summed E-state index contributed by atoms with van der Waals surface area (Å²) in [5, 5.41) is 8.71. The molecule has 1 aromatic heterocycles. The van der Waals surface area contributed by atoms with Crippen molar-refractivity contribution >= 4 is 28.3 Å². The van der Waals surface area contributed by atoms with Crippen LogP contribution in [0.5, 0.6) is 5.75 Å². The number of methoxy groups -OCH3 is 1. The van der Waals surface area contributed by atoms with E-state index in [1.165, 1.54) is 49.2 Å². The Morgan fingerprint density at radius 1 is 1.20 bits per heavy atom. The molecule has 1 amide bonds. The van der Waals surface area contributed by atoms with Gasteiger partial charge in [0.1, 0.15) is 5.75 Å². The molecule has 0 fully saturated rings. The second-order valence-corrected chi connectivity index (χ2v) is 6.78. The lowest BCUT2D eigenvalue weighted by molar-refractivity contribution is -0.129. The molecule has 1 heterocycles. The van der Waals surface area contributed by atoms with Crippen LogP contribution < -0.4 is 10.2 Å². The van der Waals surface area contributed by atoms with Crippen LogP contribution in [0.15, 0.2) is 53.7 Å². The van der Waals surface area contributed by atoms with Gasteiger partial charge < -0.3 is 4.74 Å². The van der Waals surface area contributed by atoms with Gasteiger partial charge in [-0.05, 0) is 42.0 Å². The molecular weight excluding hydrogens is 370 g/mol. The van der Waals surface area contributed by atoms with Crippen LogP contribution >= 0.6 is 12.4 Å². The highest BCUT2D eigenvalue weighted by atomic mass is 35.5. The molecule has 0 saturated heterocycles. The number of halogens is 1. The molecular formula is C15H18ClN3O5S. The third-order valence-electron chi connectivity index (χ3n) is 3.25. The second-order valence-electron chi connectivity index (χ2n) is 4.84. The Bertz CT molecular complexity index is 785. The van der Waals surface area contributed by atoms with Gasteiger partial charge in [-0.1, -0.05) is 0 Å². The summed E-state index contributed by atoms with van der Waals surface area (Å²) in [6.07, 6.45) is 3.05. The van der Waals surface area contributed by atoms with Crippen molar-refractivity contribution in [2.75, 3.05) is 13.7 Å². The molecule has 2 aromatic rings. The molecule has 2 N–H and O–H groups in total. The van der Waals surface area contributed by atoms with Crippen LogP contribution in [0.4, 0.5) is 0 Å². The molecule has 0 spiro atoms. The van der Waals surface area contributed by atoms with E-state index in [0.717, 1.165) is 4.31 Å². The van der Waals surface area contributed by atoms with Crippen LogP contribution in [0.3, 0.4) is 0 Å². The lowest BCUT2D eigenvalue weighted by atomic mass is 10.3. The fourth-order valence-corrected chi connectivity index (χ4v) is 3.39. The van der Waals surface area contributed by atoms with Crippen molar-refractivity contribution in [1.29, 1.82) is 0 Å². The van der Waals surface area contributed by atoms with Crippen molar-refractivity contribution in [3.8, 4) is 5.75 Å². The summed E-state index contributed by atoms with van der Waals surface area (Å²) in [5.41, 5.74) is 2.11. The van der Waals surface area contributed by atoms with Crippen molar-refractivity contribution in [2.45, 2.75) is 11.4 Å². The number of sulfonamides is 1. The third-order valence-corrected chi connectivity index (χ3v) is 5.06. The Balaban J connectivity index is 0.00000312. The summed E-state index contributed by atoms with van der Waals surface area (Å²) in [7, 11) is -2.47. The van der Waals surface area contributed by atoms with Crippen LogP contribution in [0.1, 0.15) is 5.56 Å². The van der Waals surface area contributed by atoms with Gasteiger partial charge in [-0.25, -0.2) is 13.9 Å². The quantitative estimate of drug-likeness (QED) is 0.546. The van der Waals surface area contributed by atoms with Crippen LogP contribution in [-0.2, 0) is 21.4 Å². The number of rotatable bonds is 7. The number of benzene rings is 1. The Labute approximate surface area is 151 Å². The average molecular weight is 388 g/mol. The number of ether oxygens (including phenoxy) is 1. The zero-order valence-corrected chi connectivity index (χ0v) is 15.0. The Kier molecular flexibility index (Phi) is 7.78. The van der Waals surface area contributed by atoms with Gasteiger partial charge in [-0.3, -0.25) is 15.0 Å². The fourth-order valence-electron chi connectivity index (χ4n) is 2.01. The minimum Gasteiger partial charge on any atom is -0.497 e. The number of carbonyl (C=O) groups is 1. The average Bonchev–Trinajstić information content (AvgIpc) is 2.62. The van der Waals surface area contributed by atoms with Gasteiger partial charge in [0.15, 0.2) is 0 Å². The van der Waals surface area contributed by atoms with Crippen LogP contribution in [0.25, 0.3) is 0 Å². The van der Waals surface area contributed by atoms with E-state index in [2.05, 4.69) is 4.98 Å². The number of pyridine rings is 1. The first-order valence-corrected chi connectivity index (χ1v) is 8.37. The van der Waals surface area contributed by atoms with Crippen molar-refractivity contribution in [3.05, 3.63) is 54.4 Å². The fraction of sp³-hybridized carbons (Fsp3) is 0.200. The predicted octanol–water partition coefficient (Wildman–Crippen LogP) is 1.21. The van der Waals surface area contributed by atoms with Gasteiger partial charge in [-0.15, -0.1) is 12.4 Å². The standard InChI is InChI=1S/C15H17N3O5S.ClH/c1-23-13-2-4-14(5-3-13)24(21,22)18(11-15(19)17-20)10-12-6-8-16-9-7-12;/h2-9,20H,10-11H2,1H3,(H,17,19);1H. The smallest absolute Gasteiger partial charge is 0.258 e. The zero-order chi connectivity index (χ0) is 17.6. The minimum absolute atomic E-state index is 0. The first-order chi connectivity index (χ1) is 11.5. The van der Waals surface area contributed by atoms with Gasteiger partial charge >= 0.3 is 0 Å². The summed E-state index contributed by atoms with van der Waals surface area (Å²) in [5.74, 6) is -0.316. The molecule has 0 saturated carbocycles. The Morgan fingerprint density at radius 2 is 1.80 bits per heavy atom. The van der Waals surface area contributed by atoms with E-state index in [9.17, 15) is 13.2 Å². The normalized spacial score (nSPS) is 10.8. The Morgan fingerprint density at radius 3 is 2.32 bits per heavy atom. The zero-order valence-electron chi connectivity index (χ0n) is 13.3. The SMILES string of the molecule is COc1ccc(S(=O)(=O)N(CC(=O)NO)Cc2ccncc2)cc1.Cl. The second kappa shape index (κ2) is 9.33. The van der Waals surface area contributed by atoms with E-state index in [-0.39, 0.29) is 23.8 Å². The number of aromatic nitrogens is 1. The number of nitrogens with zero attached hydrogens (tertiary/aromatic N) is 2. The van der Waals surface area contributed by atoms with Gasteiger partial charge in [0.25, 0.3) is 5.91 Å². The summed E-state index contributed by atoms with van der Waals surface area (Å²) in [6.45, 7) is -0.558. The van der Waals surface area contributed by atoms with Gasteiger partial charge in [-0.2, -0.15) is 4.31 Å². The van der Waals surface area contributed by atoms with E-state index >= 15 is 0 Å². The lowest BCUT2D eigenvalue weighted by Crippen LogP contribution is -2.39. The van der Waals surface area contributed by atoms with Crippen LogP contribution in [0, 0.1) is 0 Å². The van der Waals surface area contributed by atoms with Crippen molar-refractivity contribution in [3.63, 3.8) is 0 Å². The molecule has 0 radical (unpaired) electrons. The molecule has 0 aliphatic rings. The summed E-state index contributed by atoms with van der Waals surface area (Å²) >= 11 is 0. The Hall–Kier alpha value is -2.20. The first kappa shape index (κ1) is 20.8. The lowest BCUT2D eigenvalue weighted by Gasteiger charge is -2.21. The summed E-state index contributed by atoms with van der Waals surface area (Å²) in [4.78, 5) is 15.4. The third kappa shape index (κ3) is 5.40. The number of hydrogen-bond donors (Lipinski definition) is 2. The molecule has 8 nitrogen and oxygen atoms in total. The van der Waals surface area contributed by atoms with Gasteiger partial charge in [0, 0.05) is 18.9 Å². The highest BCUT2D eigenvalue weighted by Gasteiger charge is 2.26. The summed E-state index contributed by atoms with van der Waals surface area (Å²) < 4.78 is 31.6. The van der Waals surface area contributed by atoms with Crippen LogP contribution in [-0.4, -0.2) is 42.5 Å². The maximum Gasteiger partial charge on any atom is 0.258 e. The molecule has 10 heteroatoms. The number of hydrogen-bond acceptors (Lipinski definition) is 6. The largest absolute Gasteiger partial charge is 0.497 e. The highest BCUT2D eigenvalue weighted by molar-refractivity contribution is 7.89. The molecule has 1 aromatic carbocycles. The van der Waals surface area contributed by atoms with E-state index in [1.54, 1.807) is 12.1 Å². The molecule has 136 valence electrons. The minimum atomic E-state index is -3.94. The maximum atomic E-state index is 12.8. The van der Waals surface area contributed by atoms with E-state index in [4.69, 9.17) is 9.94 Å². The maximum absolute atomic E-state index is 12.8. The van der Waals surface area contributed by atoms with E-state index in [1.807, 2.05) is 0 Å². The van der Waals surface area contributed by atoms with Crippen molar-refractivity contribution < 1.29 is 23.2 Å². The first-order valence-electron chi connectivity index (χ1n) is 6.93.